The van der Waals surface area contributed by atoms with E-state index in [1.807, 2.05) is 6.07 Å². The van der Waals surface area contributed by atoms with E-state index in [0.29, 0.717) is 26.3 Å². The van der Waals surface area contributed by atoms with E-state index >= 15 is 0 Å². The average molecular weight is 481 g/mol. The Kier molecular flexibility index (Phi) is 6.83. The maximum absolute atomic E-state index is 10.9. The molecule has 2 N–H and O–H groups in total. The fourth-order valence-electron chi connectivity index (χ4n) is 3.28. The van der Waals surface area contributed by atoms with Crippen LogP contribution in [0.3, 0.4) is 0 Å². The van der Waals surface area contributed by atoms with E-state index in [4.69, 9.17) is 26.3 Å². The number of aromatic nitrogens is 5. The highest BCUT2D eigenvalue weighted by Crippen LogP contribution is 2.39. The van der Waals surface area contributed by atoms with Crippen LogP contribution in [0.5, 0.6) is 0 Å². The van der Waals surface area contributed by atoms with Gasteiger partial charge in [0.25, 0.3) is 0 Å². The molecule has 0 radical (unpaired) electrons. The molecule has 0 bridgehead atoms. The molecule has 10 nitrogen and oxygen atoms in total. The summed E-state index contributed by atoms with van der Waals surface area (Å²) in [6.07, 6.45) is 2.09. The number of pyridine rings is 1. The minimum absolute atomic E-state index is 0.362. The summed E-state index contributed by atoms with van der Waals surface area (Å²) >= 11 is 8.51. The van der Waals surface area contributed by atoms with Gasteiger partial charge < -0.3 is 19.7 Å². The first-order valence-corrected chi connectivity index (χ1v) is 11.2. The standard InChI is InChI=1S/C18H17ClN6O4S2/c1-28-16-14(25-6-11(23-24-25)17-22-13(19)8-30-17)15(27)12(7-26)29-18(16)31-10-2-9(3-20)4-21-5-10/h2,4-6,8,12,14-16,18,26-27H,7H2,1H3/t12-,14+,15+,16-,18-/m1/s1. The second kappa shape index (κ2) is 9.58. The molecular weight excluding hydrogens is 464 g/mol. The summed E-state index contributed by atoms with van der Waals surface area (Å²) < 4.78 is 13.1. The molecule has 31 heavy (non-hydrogen) atoms. The lowest BCUT2D eigenvalue weighted by molar-refractivity contribution is -0.186. The van der Waals surface area contributed by atoms with Gasteiger partial charge in [0.1, 0.15) is 51.7 Å². The van der Waals surface area contributed by atoms with Crippen molar-refractivity contribution in [2.24, 2.45) is 0 Å². The first-order valence-electron chi connectivity index (χ1n) is 9.06. The van der Waals surface area contributed by atoms with Crippen molar-refractivity contribution >= 4 is 34.7 Å². The molecule has 13 heteroatoms. The van der Waals surface area contributed by atoms with Crippen LogP contribution in [0.4, 0.5) is 0 Å². The van der Waals surface area contributed by atoms with Crippen LogP contribution in [-0.2, 0) is 9.47 Å². The zero-order valence-electron chi connectivity index (χ0n) is 16.1. The summed E-state index contributed by atoms with van der Waals surface area (Å²) in [6, 6.07) is 3.03. The highest BCUT2D eigenvalue weighted by atomic mass is 35.5. The first-order chi connectivity index (χ1) is 15.0. The quantitative estimate of drug-likeness (QED) is 0.536. The molecule has 4 rings (SSSR count). The molecule has 1 aliphatic heterocycles. The van der Waals surface area contributed by atoms with Gasteiger partial charge >= 0.3 is 0 Å². The van der Waals surface area contributed by atoms with Gasteiger partial charge in [0.15, 0.2) is 0 Å². The van der Waals surface area contributed by atoms with E-state index in [2.05, 4.69) is 20.3 Å². The second-order valence-electron chi connectivity index (χ2n) is 6.61. The smallest absolute Gasteiger partial charge is 0.147 e. The van der Waals surface area contributed by atoms with Crippen LogP contribution in [0.25, 0.3) is 10.7 Å². The number of ether oxygens (including phenoxy) is 2. The Hall–Kier alpha value is -2.11. The number of nitriles is 1. The van der Waals surface area contributed by atoms with Gasteiger partial charge in [-0.15, -0.1) is 16.4 Å². The summed E-state index contributed by atoms with van der Waals surface area (Å²) in [4.78, 5) is 8.94. The summed E-state index contributed by atoms with van der Waals surface area (Å²) in [5.74, 6) is 0. The van der Waals surface area contributed by atoms with Crippen LogP contribution in [0.1, 0.15) is 11.6 Å². The van der Waals surface area contributed by atoms with Crippen molar-refractivity contribution in [1.29, 1.82) is 5.26 Å². The summed E-state index contributed by atoms with van der Waals surface area (Å²) in [6.45, 7) is -0.398. The van der Waals surface area contributed by atoms with Crippen LogP contribution >= 0.6 is 34.7 Å². The summed E-state index contributed by atoms with van der Waals surface area (Å²) in [5, 5.41) is 40.7. The maximum atomic E-state index is 10.9. The predicted molar refractivity (Wildman–Crippen MR) is 113 cm³/mol. The molecule has 0 unspecified atom stereocenters. The lowest BCUT2D eigenvalue weighted by atomic mass is 9.97. The number of thioether (sulfide) groups is 1. The van der Waals surface area contributed by atoms with E-state index < -0.39 is 36.4 Å². The van der Waals surface area contributed by atoms with Crippen LogP contribution in [0.15, 0.2) is 34.9 Å². The Bertz CT molecular complexity index is 1090. The Morgan fingerprint density at radius 3 is 2.97 bits per heavy atom. The van der Waals surface area contributed by atoms with Crippen LogP contribution in [0.2, 0.25) is 5.15 Å². The van der Waals surface area contributed by atoms with Gasteiger partial charge in [-0.3, -0.25) is 4.98 Å². The molecule has 0 saturated carbocycles. The number of methoxy groups -OCH3 is 1. The lowest BCUT2D eigenvalue weighted by Crippen LogP contribution is -2.55. The predicted octanol–water partition coefficient (Wildman–Crippen LogP) is 1.75. The molecule has 162 valence electrons. The fraction of sp³-hybridized carbons (Fsp3) is 0.389. The van der Waals surface area contributed by atoms with Crippen LogP contribution < -0.4 is 0 Å². The topological polar surface area (TPSA) is 139 Å². The number of aliphatic hydroxyl groups excluding tert-OH is 2. The third kappa shape index (κ3) is 4.58. The molecule has 0 amide bonds. The molecule has 1 saturated heterocycles. The van der Waals surface area contributed by atoms with Crippen molar-refractivity contribution < 1.29 is 19.7 Å². The highest BCUT2D eigenvalue weighted by Gasteiger charge is 2.47. The fourth-order valence-corrected chi connectivity index (χ4v) is 5.36. The Labute approximate surface area is 190 Å². The van der Waals surface area contributed by atoms with E-state index in [1.165, 1.54) is 41.1 Å². The van der Waals surface area contributed by atoms with E-state index in [9.17, 15) is 10.2 Å². The highest BCUT2D eigenvalue weighted by molar-refractivity contribution is 7.99. The number of nitrogens with zero attached hydrogens (tertiary/aromatic N) is 6. The van der Waals surface area contributed by atoms with Crippen LogP contribution in [0, 0.1) is 11.3 Å². The largest absolute Gasteiger partial charge is 0.394 e. The van der Waals surface area contributed by atoms with Crippen molar-refractivity contribution in [2.75, 3.05) is 13.7 Å². The Morgan fingerprint density at radius 2 is 2.29 bits per heavy atom. The summed E-state index contributed by atoms with van der Waals surface area (Å²) in [7, 11) is 1.50. The SMILES string of the molecule is CO[C@@H]1[C@@H](n2cc(-c3nc(Cl)cs3)nn2)[C@@H](O)[C@@H](CO)O[C@@H]1Sc1cncc(C#N)c1. The molecule has 0 aromatic carbocycles. The van der Waals surface area contributed by atoms with Crippen molar-refractivity contribution in [3.05, 3.63) is 40.8 Å². The molecule has 3 aromatic rings. The number of thiazole rings is 1. The number of halogens is 1. The average Bonchev–Trinajstić information content (AvgIpc) is 3.43. The summed E-state index contributed by atoms with van der Waals surface area (Å²) in [5.41, 5.74) is 0.294. The Balaban J connectivity index is 1.65. The van der Waals surface area contributed by atoms with Crippen molar-refractivity contribution in [3.63, 3.8) is 0 Å². The van der Waals surface area contributed by atoms with Crippen molar-refractivity contribution in [1.82, 2.24) is 25.0 Å². The zero-order valence-corrected chi connectivity index (χ0v) is 18.5. The van der Waals surface area contributed by atoms with Gasteiger partial charge in [-0.1, -0.05) is 28.6 Å². The molecule has 0 aliphatic carbocycles. The van der Waals surface area contributed by atoms with Gasteiger partial charge in [0.05, 0.1) is 18.4 Å². The number of aliphatic hydroxyl groups is 2. The third-order valence-electron chi connectivity index (χ3n) is 4.70. The monoisotopic (exact) mass is 480 g/mol. The number of rotatable bonds is 6. The molecule has 5 atom stereocenters. The van der Waals surface area contributed by atoms with Crippen LogP contribution in [-0.4, -0.2) is 72.6 Å². The molecule has 1 aliphatic rings. The van der Waals surface area contributed by atoms with Gasteiger partial charge in [0, 0.05) is 29.8 Å². The molecule has 3 aromatic heterocycles. The zero-order chi connectivity index (χ0) is 22.0. The second-order valence-corrected chi connectivity index (χ2v) is 9.02. The van der Waals surface area contributed by atoms with Crippen molar-refractivity contribution in [3.8, 4) is 16.8 Å². The van der Waals surface area contributed by atoms with E-state index in [-0.39, 0.29) is 0 Å². The lowest BCUT2D eigenvalue weighted by Gasteiger charge is -2.43. The van der Waals surface area contributed by atoms with Gasteiger partial charge in [-0.2, -0.15) is 5.26 Å². The normalized spacial score (nSPS) is 26.0. The molecule has 0 spiro atoms. The van der Waals surface area contributed by atoms with Gasteiger partial charge in [-0.05, 0) is 6.07 Å². The molecule has 1 fully saturated rings. The van der Waals surface area contributed by atoms with Gasteiger partial charge in [-0.25, -0.2) is 9.67 Å². The van der Waals surface area contributed by atoms with E-state index in [1.54, 1.807) is 23.8 Å². The van der Waals surface area contributed by atoms with E-state index in [0.717, 1.165) is 0 Å². The van der Waals surface area contributed by atoms with Crippen molar-refractivity contribution in [2.45, 2.75) is 34.7 Å². The minimum atomic E-state index is -1.11. The maximum Gasteiger partial charge on any atom is 0.147 e. The Morgan fingerprint density at radius 1 is 1.45 bits per heavy atom. The molecule has 4 heterocycles. The number of hydrogen-bond donors (Lipinski definition) is 2. The first kappa shape index (κ1) is 22.1. The number of hydrogen-bond acceptors (Lipinski definition) is 11. The minimum Gasteiger partial charge on any atom is -0.394 e. The molecular formula is C18H17ClN6O4S2. The van der Waals surface area contributed by atoms with Gasteiger partial charge in [0.2, 0.25) is 0 Å². The third-order valence-corrected chi connectivity index (χ3v) is 7.00.